The van der Waals surface area contributed by atoms with Gasteiger partial charge in [-0.25, -0.2) is 0 Å². The summed E-state index contributed by atoms with van der Waals surface area (Å²) in [4.78, 5) is 2.36. The summed E-state index contributed by atoms with van der Waals surface area (Å²) in [5, 5.41) is 8.87. The second-order valence-electron chi connectivity index (χ2n) is 3.49. The molecule has 1 aliphatic carbocycles. The average Bonchev–Trinajstić information content (AvgIpc) is 2.88. The van der Waals surface area contributed by atoms with E-state index >= 15 is 0 Å². The molecule has 3 nitrogen and oxygen atoms in total. The first-order valence-electron chi connectivity index (χ1n) is 4.90. The second-order valence-corrected chi connectivity index (χ2v) is 3.49. The molecule has 12 heavy (non-hydrogen) atoms. The van der Waals surface area contributed by atoms with Crippen LogP contribution in [0.4, 0.5) is 0 Å². The maximum absolute atomic E-state index is 8.87. The van der Waals surface area contributed by atoms with Crippen molar-refractivity contribution in [3.8, 4) is 0 Å². The monoisotopic (exact) mass is 172 g/mol. The topological polar surface area (TPSA) is 49.5 Å². The summed E-state index contributed by atoms with van der Waals surface area (Å²) in [6, 6.07) is 1.19. The van der Waals surface area contributed by atoms with E-state index in [-0.39, 0.29) is 6.61 Å². The minimum atomic E-state index is 0.257. The van der Waals surface area contributed by atoms with Gasteiger partial charge in [0.1, 0.15) is 0 Å². The smallest absolute Gasteiger partial charge is 0.0558 e. The summed E-state index contributed by atoms with van der Waals surface area (Å²) in [5.74, 6) is 0. The fourth-order valence-corrected chi connectivity index (χ4v) is 1.72. The Bertz CT molecular complexity index is 122. The summed E-state index contributed by atoms with van der Waals surface area (Å²) in [7, 11) is 0. The molecule has 0 saturated heterocycles. The van der Waals surface area contributed by atoms with Crippen molar-refractivity contribution >= 4 is 0 Å². The molecular formula is C9H20N2O. The molecule has 1 saturated carbocycles. The lowest BCUT2D eigenvalue weighted by Gasteiger charge is -2.29. The van der Waals surface area contributed by atoms with Gasteiger partial charge in [-0.3, -0.25) is 4.90 Å². The van der Waals surface area contributed by atoms with Crippen molar-refractivity contribution in [3.05, 3.63) is 0 Å². The predicted octanol–water partition coefficient (Wildman–Crippen LogP) is 0.180. The fraction of sp³-hybridized carbons (Fsp3) is 1.00. The molecule has 0 amide bonds. The second kappa shape index (κ2) is 4.80. The number of hydrogen-bond acceptors (Lipinski definition) is 3. The van der Waals surface area contributed by atoms with E-state index in [0.717, 1.165) is 13.0 Å². The van der Waals surface area contributed by atoms with Crippen LogP contribution in [0.1, 0.15) is 26.2 Å². The number of nitrogens with two attached hydrogens (primary N) is 1. The van der Waals surface area contributed by atoms with E-state index in [1.54, 1.807) is 0 Å². The van der Waals surface area contributed by atoms with Gasteiger partial charge >= 0.3 is 0 Å². The van der Waals surface area contributed by atoms with Gasteiger partial charge in [-0.1, -0.05) is 6.92 Å². The lowest BCUT2D eigenvalue weighted by Crippen LogP contribution is -2.43. The van der Waals surface area contributed by atoms with Crippen molar-refractivity contribution in [2.24, 2.45) is 5.73 Å². The van der Waals surface area contributed by atoms with E-state index in [2.05, 4.69) is 11.8 Å². The van der Waals surface area contributed by atoms with Crippen LogP contribution < -0.4 is 5.73 Å². The molecule has 3 N–H and O–H groups in total. The van der Waals surface area contributed by atoms with E-state index < -0.39 is 0 Å². The van der Waals surface area contributed by atoms with Gasteiger partial charge in [0.2, 0.25) is 0 Å². The van der Waals surface area contributed by atoms with Gasteiger partial charge in [0.25, 0.3) is 0 Å². The lowest BCUT2D eigenvalue weighted by atomic mass is 10.2. The molecular weight excluding hydrogens is 152 g/mol. The van der Waals surface area contributed by atoms with Gasteiger partial charge < -0.3 is 10.8 Å². The molecule has 1 aliphatic rings. The third-order valence-electron chi connectivity index (χ3n) is 2.59. The summed E-state index contributed by atoms with van der Waals surface area (Å²) >= 11 is 0. The number of rotatable bonds is 6. The van der Waals surface area contributed by atoms with Crippen molar-refractivity contribution in [1.29, 1.82) is 0 Å². The number of aliphatic hydroxyl groups excluding tert-OH is 1. The van der Waals surface area contributed by atoms with Crippen LogP contribution in [0.3, 0.4) is 0 Å². The molecule has 1 atom stereocenters. The summed E-state index contributed by atoms with van der Waals surface area (Å²) in [5.41, 5.74) is 5.66. The van der Waals surface area contributed by atoms with E-state index in [9.17, 15) is 0 Å². The Labute approximate surface area is 74.5 Å². The molecule has 72 valence electrons. The first-order valence-corrected chi connectivity index (χ1v) is 4.90. The minimum absolute atomic E-state index is 0.257. The van der Waals surface area contributed by atoms with Crippen molar-refractivity contribution in [1.82, 2.24) is 4.90 Å². The average molecular weight is 172 g/mol. The molecule has 0 heterocycles. The van der Waals surface area contributed by atoms with Gasteiger partial charge in [-0.15, -0.1) is 0 Å². The Balaban J connectivity index is 2.38. The summed E-state index contributed by atoms with van der Waals surface area (Å²) in [6.07, 6.45) is 3.67. The first kappa shape index (κ1) is 9.96. The highest BCUT2D eigenvalue weighted by Gasteiger charge is 2.31. The Morgan fingerprint density at radius 3 is 2.58 bits per heavy atom. The SMILES string of the molecule is CCC(CN)N(CCO)C1CC1. The van der Waals surface area contributed by atoms with Crippen LogP contribution in [0, 0.1) is 0 Å². The molecule has 0 radical (unpaired) electrons. The minimum Gasteiger partial charge on any atom is -0.395 e. The molecule has 1 rings (SSSR count). The standard InChI is InChI=1S/C9H20N2O/c1-2-8(7-10)11(5-6-12)9-3-4-9/h8-9,12H,2-7,10H2,1H3. The maximum atomic E-state index is 8.87. The zero-order chi connectivity index (χ0) is 8.97. The summed E-state index contributed by atoms with van der Waals surface area (Å²) in [6.45, 7) is 3.92. The molecule has 3 heteroatoms. The fourth-order valence-electron chi connectivity index (χ4n) is 1.72. The van der Waals surface area contributed by atoms with Crippen molar-refractivity contribution in [2.75, 3.05) is 19.7 Å². The number of aliphatic hydroxyl groups is 1. The highest BCUT2D eigenvalue weighted by atomic mass is 16.3. The molecule has 0 bridgehead atoms. The largest absolute Gasteiger partial charge is 0.395 e. The van der Waals surface area contributed by atoms with Gasteiger partial charge in [0.05, 0.1) is 6.61 Å². The van der Waals surface area contributed by atoms with Crippen molar-refractivity contribution in [2.45, 2.75) is 38.3 Å². The number of hydrogen-bond donors (Lipinski definition) is 2. The van der Waals surface area contributed by atoms with E-state index in [0.29, 0.717) is 18.6 Å². The molecule has 0 aliphatic heterocycles. The Kier molecular flexibility index (Phi) is 3.98. The zero-order valence-corrected chi connectivity index (χ0v) is 7.87. The molecule has 0 aromatic carbocycles. The van der Waals surface area contributed by atoms with Gasteiger partial charge in [0, 0.05) is 25.2 Å². The third kappa shape index (κ3) is 2.44. The lowest BCUT2D eigenvalue weighted by molar-refractivity contribution is 0.142. The van der Waals surface area contributed by atoms with Crippen molar-refractivity contribution in [3.63, 3.8) is 0 Å². The highest BCUT2D eigenvalue weighted by Crippen LogP contribution is 2.28. The van der Waals surface area contributed by atoms with Crippen LogP contribution in [0.5, 0.6) is 0 Å². The van der Waals surface area contributed by atoms with E-state index in [4.69, 9.17) is 10.8 Å². The van der Waals surface area contributed by atoms with Crippen LogP contribution in [0.25, 0.3) is 0 Å². The van der Waals surface area contributed by atoms with Crippen LogP contribution >= 0.6 is 0 Å². The maximum Gasteiger partial charge on any atom is 0.0558 e. The highest BCUT2D eigenvalue weighted by molar-refractivity contribution is 4.88. The first-order chi connectivity index (χ1) is 5.83. The summed E-state index contributed by atoms with van der Waals surface area (Å²) < 4.78 is 0. The van der Waals surface area contributed by atoms with E-state index in [1.165, 1.54) is 12.8 Å². The van der Waals surface area contributed by atoms with Crippen molar-refractivity contribution < 1.29 is 5.11 Å². The van der Waals surface area contributed by atoms with Crippen LogP contribution in [0.15, 0.2) is 0 Å². The Morgan fingerprint density at radius 2 is 2.25 bits per heavy atom. The molecule has 0 aromatic heterocycles. The normalized spacial score (nSPS) is 20.0. The Hall–Kier alpha value is -0.120. The van der Waals surface area contributed by atoms with Crippen LogP contribution in [-0.4, -0.2) is 41.8 Å². The van der Waals surface area contributed by atoms with Crippen LogP contribution in [-0.2, 0) is 0 Å². The quantitative estimate of drug-likeness (QED) is 0.601. The Morgan fingerprint density at radius 1 is 1.58 bits per heavy atom. The van der Waals surface area contributed by atoms with Gasteiger partial charge in [0.15, 0.2) is 0 Å². The molecule has 0 aromatic rings. The third-order valence-corrected chi connectivity index (χ3v) is 2.59. The molecule has 1 fully saturated rings. The number of nitrogens with zero attached hydrogens (tertiary/aromatic N) is 1. The van der Waals surface area contributed by atoms with Gasteiger partial charge in [-0.2, -0.15) is 0 Å². The van der Waals surface area contributed by atoms with Crippen LogP contribution in [0.2, 0.25) is 0 Å². The predicted molar refractivity (Wildman–Crippen MR) is 49.9 cm³/mol. The molecule has 0 spiro atoms. The van der Waals surface area contributed by atoms with E-state index in [1.807, 2.05) is 0 Å². The molecule has 1 unspecified atom stereocenters. The zero-order valence-electron chi connectivity index (χ0n) is 7.87. The van der Waals surface area contributed by atoms with Gasteiger partial charge in [-0.05, 0) is 19.3 Å².